The Morgan fingerprint density at radius 2 is 1.83 bits per heavy atom. The van der Waals surface area contributed by atoms with E-state index in [-0.39, 0.29) is 12.2 Å². The van der Waals surface area contributed by atoms with Gasteiger partial charge in [-0.05, 0) is 18.6 Å². The van der Waals surface area contributed by atoms with Crippen LogP contribution in [0.3, 0.4) is 0 Å². The van der Waals surface area contributed by atoms with Crippen LogP contribution in [0.5, 0.6) is 5.75 Å². The molecule has 3 rings (SSSR count). The number of carbonyl (C=O) groups excluding carboxylic acids is 1. The van der Waals surface area contributed by atoms with Gasteiger partial charge in [0.2, 0.25) is 10.0 Å². The second kappa shape index (κ2) is 8.39. The molecule has 0 spiro atoms. The predicted molar refractivity (Wildman–Crippen MR) is 96.8 cm³/mol. The minimum absolute atomic E-state index is 0.0461. The number of amides is 1. The van der Waals surface area contributed by atoms with Crippen molar-refractivity contribution in [1.82, 2.24) is 4.72 Å². The lowest BCUT2D eigenvalue weighted by Crippen LogP contribution is -2.36. The first-order valence-electron chi connectivity index (χ1n) is 8.47. The van der Waals surface area contributed by atoms with Crippen molar-refractivity contribution >= 4 is 21.6 Å². The fraction of sp³-hybridized carbons (Fsp3) is 0.278. The van der Waals surface area contributed by atoms with Crippen LogP contribution >= 0.6 is 0 Å². The number of carbonyl (C=O) groups is 1. The maximum absolute atomic E-state index is 14.5. The van der Waals surface area contributed by atoms with E-state index in [1.807, 2.05) is 0 Å². The molecule has 1 atom stereocenters. The first kappa shape index (κ1) is 21.1. The summed E-state index contributed by atoms with van der Waals surface area (Å²) in [6.07, 6.45) is 0.324. The average molecular weight is 430 g/mol. The van der Waals surface area contributed by atoms with E-state index >= 15 is 0 Å². The molecule has 1 amide bonds. The van der Waals surface area contributed by atoms with Crippen molar-refractivity contribution in [2.45, 2.75) is 17.4 Å². The van der Waals surface area contributed by atoms with Crippen LogP contribution in [0.25, 0.3) is 0 Å². The first-order chi connectivity index (χ1) is 13.8. The number of benzene rings is 2. The maximum atomic E-state index is 14.5. The molecule has 156 valence electrons. The van der Waals surface area contributed by atoms with Gasteiger partial charge in [0, 0.05) is 18.2 Å². The van der Waals surface area contributed by atoms with Crippen molar-refractivity contribution in [3.8, 4) is 5.75 Å². The van der Waals surface area contributed by atoms with Crippen LogP contribution in [0.4, 0.5) is 18.9 Å². The maximum Gasteiger partial charge on any atom is 0.255 e. The van der Waals surface area contributed by atoms with Crippen molar-refractivity contribution < 1.29 is 35.9 Å². The van der Waals surface area contributed by atoms with Crippen molar-refractivity contribution in [2.24, 2.45) is 0 Å². The molecule has 1 heterocycles. The van der Waals surface area contributed by atoms with Gasteiger partial charge in [0.25, 0.3) is 5.91 Å². The smallest absolute Gasteiger partial charge is 0.255 e. The van der Waals surface area contributed by atoms with Gasteiger partial charge < -0.3 is 14.8 Å². The molecule has 0 unspecified atom stereocenters. The molecule has 11 heteroatoms. The Morgan fingerprint density at radius 3 is 2.41 bits per heavy atom. The average Bonchev–Trinajstić information content (AvgIpc) is 3.20. The first-order valence-corrected chi connectivity index (χ1v) is 9.95. The van der Waals surface area contributed by atoms with Gasteiger partial charge in [-0.2, -0.15) is 0 Å². The van der Waals surface area contributed by atoms with E-state index < -0.39 is 55.8 Å². The summed E-state index contributed by atoms with van der Waals surface area (Å²) in [4.78, 5) is 11.1. The van der Waals surface area contributed by atoms with Crippen LogP contribution < -0.4 is 14.8 Å². The molecule has 0 aliphatic carbocycles. The molecular formula is C18H17F3N2O5S. The molecule has 2 N–H and O–H groups in total. The molecule has 1 aliphatic heterocycles. The van der Waals surface area contributed by atoms with E-state index in [4.69, 9.17) is 9.47 Å². The second-order valence-corrected chi connectivity index (χ2v) is 7.83. The van der Waals surface area contributed by atoms with Crippen LogP contribution in [0.1, 0.15) is 16.8 Å². The number of hydrogen-bond donors (Lipinski definition) is 2. The zero-order valence-electron chi connectivity index (χ0n) is 15.2. The van der Waals surface area contributed by atoms with Gasteiger partial charge in [-0.15, -0.1) is 0 Å². The molecule has 29 heavy (non-hydrogen) atoms. The van der Waals surface area contributed by atoms with E-state index in [1.54, 1.807) is 6.07 Å². The zero-order chi connectivity index (χ0) is 21.2. The Bertz CT molecular complexity index is 1030. The Kier molecular flexibility index (Phi) is 6.10. The van der Waals surface area contributed by atoms with Crippen molar-refractivity contribution in [1.29, 1.82) is 0 Å². The minimum Gasteiger partial charge on any atom is -0.493 e. The Hall–Kier alpha value is -2.63. The number of ether oxygens (including phenoxy) is 2. The molecule has 0 aromatic heterocycles. The molecule has 1 aliphatic rings. The number of nitrogens with one attached hydrogen (secondary N) is 2. The third-order valence-corrected chi connectivity index (χ3v) is 5.78. The highest BCUT2D eigenvalue weighted by atomic mass is 32.2. The summed E-state index contributed by atoms with van der Waals surface area (Å²) in [6.45, 7) is 0.341. The lowest BCUT2D eigenvalue weighted by molar-refractivity contribution is 0.102. The van der Waals surface area contributed by atoms with Crippen LogP contribution in [0, 0.1) is 17.5 Å². The van der Waals surface area contributed by atoms with E-state index in [0.717, 1.165) is 7.11 Å². The molecule has 0 bridgehead atoms. The summed E-state index contributed by atoms with van der Waals surface area (Å²) in [5.74, 6) is -7.53. The normalized spacial score (nSPS) is 16.6. The van der Waals surface area contributed by atoms with Gasteiger partial charge in [-0.25, -0.2) is 26.3 Å². The summed E-state index contributed by atoms with van der Waals surface area (Å²) < 4.78 is 80.5. The third-order valence-electron chi connectivity index (χ3n) is 4.24. The molecule has 1 fully saturated rings. The summed E-state index contributed by atoms with van der Waals surface area (Å²) in [5, 5.41) is 2.06. The molecule has 1 saturated heterocycles. The lowest BCUT2D eigenvalue weighted by Gasteiger charge is -2.19. The van der Waals surface area contributed by atoms with Crippen molar-refractivity contribution in [3.63, 3.8) is 0 Å². The van der Waals surface area contributed by atoms with Crippen LogP contribution in [-0.4, -0.2) is 40.7 Å². The van der Waals surface area contributed by atoms with Crippen LogP contribution in [-0.2, 0) is 14.8 Å². The van der Waals surface area contributed by atoms with E-state index in [2.05, 4.69) is 10.0 Å². The highest BCUT2D eigenvalue weighted by molar-refractivity contribution is 7.89. The standard InChI is InChI=1S/C18H17F3N2O5S/c1-27-16-15(22-18(24)10-5-3-2-4-6-10)13(20)12(19)14(21)17(16)29(25,26)23-11-7-8-28-9-11/h2-6,11,23H,7-9H2,1H3,(H,22,24)/t11-/m0/s1. The summed E-state index contributed by atoms with van der Waals surface area (Å²) >= 11 is 0. The fourth-order valence-corrected chi connectivity index (χ4v) is 4.34. The second-order valence-electron chi connectivity index (χ2n) is 6.18. The molecule has 7 nitrogen and oxygen atoms in total. The van der Waals surface area contributed by atoms with Crippen LogP contribution in [0.15, 0.2) is 35.2 Å². The number of sulfonamides is 1. The highest BCUT2D eigenvalue weighted by Gasteiger charge is 2.36. The van der Waals surface area contributed by atoms with Crippen molar-refractivity contribution in [2.75, 3.05) is 25.6 Å². The van der Waals surface area contributed by atoms with Gasteiger partial charge >= 0.3 is 0 Å². The van der Waals surface area contributed by atoms with Gasteiger partial charge in [0.15, 0.2) is 28.1 Å². The Morgan fingerprint density at radius 1 is 1.14 bits per heavy atom. The zero-order valence-corrected chi connectivity index (χ0v) is 16.0. The summed E-state index contributed by atoms with van der Waals surface area (Å²) in [6, 6.07) is 6.85. The fourth-order valence-electron chi connectivity index (χ4n) is 2.85. The van der Waals surface area contributed by atoms with Gasteiger partial charge in [-0.1, -0.05) is 18.2 Å². The van der Waals surface area contributed by atoms with E-state index in [1.165, 1.54) is 24.3 Å². The molecule has 2 aromatic rings. The third kappa shape index (κ3) is 4.21. The number of methoxy groups -OCH3 is 1. The van der Waals surface area contributed by atoms with Crippen LogP contribution in [0.2, 0.25) is 0 Å². The van der Waals surface area contributed by atoms with E-state index in [0.29, 0.717) is 13.0 Å². The number of halogens is 3. The predicted octanol–water partition coefficient (Wildman–Crippen LogP) is 2.43. The quantitative estimate of drug-likeness (QED) is 0.687. The molecular weight excluding hydrogens is 413 g/mol. The van der Waals surface area contributed by atoms with Gasteiger partial charge in [0.05, 0.1) is 13.7 Å². The minimum atomic E-state index is -4.67. The summed E-state index contributed by atoms with van der Waals surface area (Å²) in [5.41, 5.74) is -0.840. The number of anilines is 1. The van der Waals surface area contributed by atoms with Crippen molar-refractivity contribution in [3.05, 3.63) is 53.3 Å². The monoisotopic (exact) mass is 430 g/mol. The van der Waals surface area contributed by atoms with E-state index in [9.17, 15) is 26.4 Å². The lowest BCUT2D eigenvalue weighted by atomic mass is 10.2. The SMILES string of the molecule is COc1c(NC(=O)c2ccccc2)c(F)c(F)c(F)c1S(=O)(=O)N[C@H]1CCOC1. The molecule has 0 radical (unpaired) electrons. The number of rotatable bonds is 6. The Labute approximate surface area is 164 Å². The topological polar surface area (TPSA) is 93.7 Å². The summed E-state index contributed by atoms with van der Waals surface area (Å²) in [7, 11) is -3.72. The van der Waals surface area contributed by atoms with Gasteiger partial charge in [0.1, 0.15) is 5.69 Å². The highest BCUT2D eigenvalue weighted by Crippen LogP contribution is 2.39. The largest absolute Gasteiger partial charge is 0.493 e. The van der Waals surface area contributed by atoms with Gasteiger partial charge in [-0.3, -0.25) is 4.79 Å². The number of hydrogen-bond acceptors (Lipinski definition) is 5. The molecule has 0 saturated carbocycles. The molecule has 2 aromatic carbocycles. The Balaban J connectivity index is 2.08.